The summed E-state index contributed by atoms with van der Waals surface area (Å²) in [6.07, 6.45) is 9.41. The van der Waals surface area contributed by atoms with E-state index >= 15 is 0 Å². The van der Waals surface area contributed by atoms with Crippen LogP contribution in [0.15, 0.2) is 84.0 Å². The molecule has 36 heavy (non-hydrogen) atoms. The van der Waals surface area contributed by atoms with E-state index in [0.717, 1.165) is 0 Å². The van der Waals surface area contributed by atoms with Gasteiger partial charge in [-0.15, -0.1) is 0 Å². The number of allylic oxidation sites excluding steroid dienone is 4. The highest BCUT2D eigenvalue weighted by molar-refractivity contribution is 7.01. The van der Waals surface area contributed by atoms with Gasteiger partial charge in [-0.05, 0) is 95.7 Å². The van der Waals surface area contributed by atoms with Crippen LogP contribution in [-0.4, -0.2) is 13.8 Å². The molecule has 0 radical (unpaired) electrons. The average molecular weight is 498 g/mol. The summed E-state index contributed by atoms with van der Waals surface area (Å²) in [5.74, 6) is 1.87. The van der Waals surface area contributed by atoms with Crippen LogP contribution in [0, 0.1) is 28.6 Å². The van der Waals surface area contributed by atoms with Gasteiger partial charge in [-0.3, -0.25) is 0 Å². The Balaban J connectivity index is 1.74. The van der Waals surface area contributed by atoms with E-state index in [0.29, 0.717) is 23.3 Å². The predicted molar refractivity (Wildman–Crippen MR) is 158 cm³/mol. The van der Waals surface area contributed by atoms with Crippen LogP contribution in [0.25, 0.3) is 0 Å². The Morgan fingerprint density at radius 3 is 1.69 bits per heavy atom. The molecule has 2 fully saturated rings. The summed E-state index contributed by atoms with van der Waals surface area (Å²) in [6, 6.07) is 23.1. The number of nitrogens with one attached hydrogen (secondary N) is 1. The lowest BCUT2D eigenvalue weighted by Gasteiger charge is -2.50. The molecule has 0 aliphatic heterocycles. The first kappa shape index (κ1) is 25.7. The van der Waals surface area contributed by atoms with Crippen molar-refractivity contribution >= 4 is 18.6 Å². The van der Waals surface area contributed by atoms with Crippen molar-refractivity contribution in [3.63, 3.8) is 0 Å². The maximum Gasteiger partial charge on any atom is 0.194 e. The fourth-order valence-electron chi connectivity index (χ4n) is 7.93. The lowest BCUT2D eigenvalue weighted by atomic mass is 9.58. The third kappa shape index (κ3) is 4.29. The van der Waals surface area contributed by atoms with Gasteiger partial charge < -0.3 is 4.98 Å². The Morgan fingerprint density at radius 1 is 0.750 bits per heavy atom. The molecule has 1 nitrogen and oxygen atoms in total. The third-order valence-electron chi connectivity index (χ3n) is 9.56. The highest BCUT2D eigenvalue weighted by atomic mass is 28.3. The van der Waals surface area contributed by atoms with Gasteiger partial charge in [0.25, 0.3) is 0 Å². The fourth-order valence-corrected chi connectivity index (χ4v) is 14.0. The van der Waals surface area contributed by atoms with Gasteiger partial charge >= 0.3 is 0 Å². The molecule has 2 saturated carbocycles. The second-order valence-electron chi connectivity index (χ2n) is 14.3. The fraction of sp³-hybridized carbons (Fsp3) is 0.529. The van der Waals surface area contributed by atoms with E-state index in [9.17, 15) is 0 Å². The van der Waals surface area contributed by atoms with E-state index in [1.807, 2.05) is 0 Å². The molecule has 2 aromatic carbocycles. The van der Waals surface area contributed by atoms with Crippen LogP contribution in [-0.2, 0) is 0 Å². The molecule has 4 atom stereocenters. The monoisotopic (exact) mass is 497 g/mol. The second-order valence-corrected chi connectivity index (χ2v) is 18.0. The van der Waals surface area contributed by atoms with Crippen LogP contribution >= 0.6 is 0 Å². The molecule has 192 valence electrons. The topological polar surface area (TPSA) is 12.0 Å². The highest BCUT2D eigenvalue weighted by Gasteiger charge is 2.57. The first-order chi connectivity index (χ1) is 16.9. The van der Waals surface area contributed by atoms with Crippen molar-refractivity contribution in [2.24, 2.45) is 28.6 Å². The van der Waals surface area contributed by atoms with Crippen molar-refractivity contribution in [1.29, 1.82) is 0 Å². The number of hydrogen-bond acceptors (Lipinski definition) is 1. The smallest absolute Gasteiger partial charge is 0.194 e. The van der Waals surface area contributed by atoms with Gasteiger partial charge in [-0.25, -0.2) is 0 Å². The Labute approximate surface area is 221 Å². The molecule has 0 aromatic heterocycles. The van der Waals surface area contributed by atoms with Gasteiger partial charge in [-0.1, -0.05) is 107 Å². The molecule has 0 bridgehead atoms. The maximum absolute atomic E-state index is 4.41. The number of hydrogen-bond donors (Lipinski definition) is 1. The Morgan fingerprint density at radius 2 is 1.22 bits per heavy atom. The minimum atomic E-state index is -2.38. The molecule has 0 heterocycles. The van der Waals surface area contributed by atoms with Crippen molar-refractivity contribution in [2.75, 3.05) is 0 Å². The van der Waals surface area contributed by atoms with Crippen LogP contribution < -0.4 is 15.4 Å². The zero-order chi connectivity index (χ0) is 25.9. The molecule has 1 N–H and O–H groups in total. The van der Waals surface area contributed by atoms with Crippen LogP contribution in [0.2, 0.25) is 5.54 Å². The lowest BCUT2D eigenvalue weighted by Crippen LogP contribution is -2.76. The van der Waals surface area contributed by atoms with E-state index in [4.69, 9.17) is 0 Å². The molecule has 0 amide bonds. The zero-order valence-electron chi connectivity index (χ0n) is 23.9. The Bertz CT molecular complexity index is 1110. The summed E-state index contributed by atoms with van der Waals surface area (Å²) in [5, 5.41) is 3.06. The Kier molecular flexibility index (Phi) is 6.32. The molecule has 3 aliphatic rings. The summed E-state index contributed by atoms with van der Waals surface area (Å²) in [4.78, 5) is 4.41. The SMILES string of the molecule is CC1CC2C=C3C(=CC2C1[Si](NC(C)(C)C)(c1ccccc1)c1ccccc1)C(C)(C)CCC3(C)C. The van der Waals surface area contributed by atoms with Crippen molar-refractivity contribution in [2.45, 2.75) is 85.7 Å². The highest BCUT2D eigenvalue weighted by Crippen LogP contribution is 2.60. The minimum Gasteiger partial charge on any atom is -0.325 e. The molecule has 2 aromatic rings. The summed E-state index contributed by atoms with van der Waals surface area (Å²) in [5.41, 5.74) is 4.46. The summed E-state index contributed by atoms with van der Waals surface area (Å²) < 4.78 is 0. The van der Waals surface area contributed by atoms with Gasteiger partial charge in [0.2, 0.25) is 0 Å². The van der Waals surface area contributed by atoms with Crippen molar-refractivity contribution in [3.8, 4) is 0 Å². The number of fused-ring (bicyclic) bond motifs is 2. The molecule has 0 spiro atoms. The van der Waals surface area contributed by atoms with Crippen LogP contribution in [0.5, 0.6) is 0 Å². The quantitative estimate of drug-likeness (QED) is 0.432. The van der Waals surface area contributed by atoms with Crippen LogP contribution in [0.4, 0.5) is 0 Å². The maximum atomic E-state index is 4.41. The van der Waals surface area contributed by atoms with E-state index in [2.05, 4.69) is 133 Å². The van der Waals surface area contributed by atoms with Gasteiger partial charge in [0.1, 0.15) is 0 Å². The van der Waals surface area contributed by atoms with Crippen LogP contribution in [0.3, 0.4) is 0 Å². The second kappa shape index (κ2) is 8.84. The number of rotatable bonds is 4. The van der Waals surface area contributed by atoms with E-state index < -0.39 is 8.24 Å². The van der Waals surface area contributed by atoms with Gasteiger partial charge in [-0.2, -0.15) is 0 Å². The minimum absolute atomic E-state index is 0.0185. The van der Waals surface area contributed by atoms with E-state index in [1.54, 1.807) is 11.1 Å². The number of benzene rings is 2. The average Bonchev–Trinajstić information content (AvgIpc) is 3.15. The van der Waals surface area contributed by atoms with Gasteiger partial charge in [0.15, 0.2) is 8.24 Å². The molecule has 2 heteroatoms. The largest absolute Gasteiger partial charge is 0.325 e. The van der Waals surface area contributed by atoms with Gasteiger partial charge in [0, 0.05) is 5.54 Å². The molecular weight excluding hydrogens is 450 g/mol. The zero-order valence-corrected chi connectivity index (χ0v) is 24.9. The van der Waals surface area contributed by atoms with Crippen molar-refractivity contribution in [1.82, 2.24) is 4.98 Å². The molecule has 5 rings (SSSR count). The standard InChI is InChI=1S/C34H47NSi/c1-24-21-25-22-29-30(34(7,8)20-19-33(29,5)6)23-28(25)31(24)36(35-32(2,3)4,26-15-11-9-12-16-26)27-17-13-10-14-18-27/h9-18,22-25,28,31,35H,19-21H2,1-8H3. The van der Waals surface area contributed by atoms with Crippen molar-refractivity contribution < 1.29 is 0 Å². The van der Waals surface area contributed by atoms with Crippen LogP contribution in [0.1, 0.15) is 74.7 Å². The van der Waals surface area contributed by atoms with E-state index in [-0.39, 0.29) is 16.4 Å². The van der Waals surface area contributed by atoms with E-state index in [1.165, 1.54) is 29.6 Å². The lowest BCUT2D eigenvalue weighted by molar-refractivity contribution is 0.250. The normalized spacial score (nSPS) is 29.1. The first-order valence-electron chi connectivity index (χ1n) is 14.2. The summed E-state index contributed by atoms with van der Waals surface area (Å²) >= 11 is 0. The molecule has 0 saturated heterocycles. The summed E-state index contributed by atoms with van der Waals surface area (Å²) in [6.45, 7) is 19.6. The summed E-state index contributed by atoms with van der Waals surface area (Å²) in [7, 11) is -2.38. The first-order valence-corrected chi connectivity index (χ1v) is 16.3. The van der Waals surface area contributed by atoms with Crippen molar-refractivity contribution in [3.05, 3.63) is 84.0 Å². The Hall–Kier alpha value is -1.90. The van der Waals surface area contributed by atoms with Gasteiger partial charge in [0.05, 0.1) is 0 Å². The molecule has 3 aliphatic carbocycles. The molecular formula is C34H47NSi. The third-order valence-corrected chi connectivity index (χ3v) is 15.1. The molecule has 4 unspecified atom stereocenters. The predicted octanol–water partition coefficient (Wildman–Crippen LogP) is 7.49.